The molecule has 0 aromatic carbocycles. The van der Waals surface area contributed by atoms with Crippen molar-refractivity contribution in [1.29, 1.82) is 0 Å². The monoisotopic (exact) mass is 222 g/mol. The van der Waals surface area contributed by atoms with E-state index in [1.807, 2.05) is 13.0 Å². The van der Waals surface area contributed by atoms with Crippen LogP contribution in [0.4, 0.5) is 5.69 Å². The van der Waals surface area contributed by atoms with Gasteiger partial charge in [0, 0.05) is 6.92 Å². The van der Waals surface area contributed by atoms with Crippen molar-refractivity contribution in [2.45, 2.75) is 24.1 Å². The lowest BCUT2D eigenvalue weighted by molar-refractivity contribution is 0.429. The van der Waals surface area contributed by atoms with Gasteiger partial charge in [0.1, 0.15) is 5.03 Å². The quantitative estimate of drug-likeness (QED) is 0.835. The lowest BCUT2D eigenvalue weighted by Crippen LogP contribution is -1.91. The number of anilines is 1. The summed E-state index contributed by atoms with van der Waals surface area (Å²) in [6, 6.07) is 1.89. The van der Waals surface area contributed by atoms with E-state index in [9.17, 15) is 0 Å². The molecule has 15 heavy (non-hydrogen) atoms. The van der Waals surface area contributed by atoms with Crippen molar-refractivity contribution in [2.75, 3.05) is 5.73 Å². The van der Waals surface area contributed by atoms with Crippen LogP contribution in [0.25, 0.3) is 0 Å². The molecule has 0 amide bonds. The molecule has 2 heterocycles. The maximum atomic E-state index is 5.66. The highest BCUT2D eigenvalue weighted by atomic mass is 32.2. The van der Waals surface area contributed by atoms with Gasteiger partial charge in [0.2, 0.25) is 5.89 Å². The van der Waals surface area contributed by atoms with Gasteiger partial charge in [-0.3, -0.25) is 0 Å². The Bertz CT molecular complexity index is 483. The second-order valence-corrected chi connectivity index (χ2v) is 4.04. The van der Waals surface area contributed by atoms with E-state index >= 15 is 0 Å². The fourth-order valence-electron chi connectivity index (χ4n) is 1.01. The van der Waals surface area contributed by atoms with Gasteiger partial charge in [-0.25, -0.2) is 4.98 Å². The van der Waals surface area contributed by atoms with Crippen molar-refractivity contribution in [1.82, 2.24) is 15.2 Å². The molecule has 0 spiro atoms. The molecule has 0 aliphatic heterocycles. The van der Waals surface area contributed by atoms with Crippen molar-refractivity contribution >= 4 is 17.4 Å². The molecule has 5 nitrogen and oxygen atoms in total. The Morgan fingerprint density at radius 2 is 2.13 bits per heavy atom. The van der Waals surface area contributed by atoms with Gasteiger partial charge in [-0.1, -0.05) is 0 Å². The number of pyridine rings is 1. The van der Waals surface area contributed by atoms with Crippen molar-refractivity contribution in [3.05, 3.63) is 23.7 Å². The molecular formula is C9H10N4OS. The fraction of sp³-hybridized carbons (Fsp3) is 0.222. The molecule has 2 N–H and O–H groups in total. The van der Waals surface area contributed by atoms with Crippen LogP contribution in [-0.2, 0) is 0 Å². The summed E-state index contributed by atoms with van der Waals surface area (Å²) in [5, 5.41) is 8.89. The average Bonchev–Trinajstić information content (AvgIpc) is 2.58. The van der Waals surface area contributed by atoms with Gasteiger partial charge >= 0.3 is 0 Å². The minimum Gasteiger partial charge on any atom is -0.416 e. The summed E-state index contributed by atoms with van der Waals surface area (Å²) in [5.74, 6) is 0.546. The van der Waals surface area contributed by atoms with E-state index in [0.717, 1.165) is 10.6 Å². The summed E-state index contributed by atoms with van der Waals surface area (Å²) >= 11 is 1.32. The maximum absolute atomic E-state index is 5.66. The Morgan fingerprint density at radius 3 is 2.73 bits per heavy atom. The van der Waals surface area contributed by atoms with E-state index < -0.39 is 0 Å². The molecule has 0 saturated carbocycles. The number of aromatic nitrogens is 3. The van der Waals surface area contributed by atoms with Crippen LogP contribution < -0.4 is 5.73 Å². The number of nitrogens with zero attached hydrogens (tertiary/aromatic N) is 3. The van der Waals surface area contributed by atoms with E-state index in [1.165, 1.54) is 11.8 Å². The number of hydrogen-bond donors (Lipinski definition) is 1. The molecule has 2 aromatic heterocycles. The molecule has 0 bridgehead atoms. The van der Waals surface area contributed by atoms with E-state index in [1.54, 1.807) is 13.1 Å². The third-order valence-electron chi connectivity index (χ3n) is 1.83. The first-order chi connectivity index (χ1) is 7.15. The van der Waals surface area contributed by atoms with Crippen LogP contribution in [0.1, 0.15) is 11.5 Å². The van der Waals surface area contributed by atoms with Crippen LogP contribution in [0.2, 0.25) is 0 Å². The van der Waals surface area contributed by atoms with Crippen LogP contribution in [0.15, 0.2) is 26.9 Å². The molecule has 0 aliphatic rings. The van der Waals surface area contributed by atoms with E-state index in [4.69, 9.17) is 10.2 Å². The third kappa shape index (κ3) is 2.27. The molecule has 0 unspecified atom stereocenters. The molecule has 6 heteroatoms. The Balaban J connectivity index is 2.21. The SMILES string of the molecule is Cc1nnc(Sc2cc(C)c(N)cn2)o1. The van der Waals surface area contributed by atoms with Crippen molar-refractivity contribution in [2.24, 2.45) is 0 Å². The largest absolute Gasteiger partial charge is 0.416 e. The first kappa shape index (κ1) is 9.97. The summed E-state index contributed by atoms with van der Waals surface area (Å²) in [7, 11) is 0. The standard InChI is InChI=1S/C9H10N4OS/c1-5-3-8(11-4-7(5)10)15-9-13-12-6(2)14-9/h3-4H,10H2,1-2H3. The molecule has 0 atom stereocenters. The molecule has 0 radical (unpaired) electrons. The van der Waals surface area contributed by atoms with Gasteiger partial charge in [-0.05, 0) is 30.3 Å². The number of aryl methyl sites for hydroxylation is 2. The highest BCUT2D eigenvalue weighted by Crippen LogP contribution is 2.26. The Labute approximate surface area is 91.1 Å². The molecule has 0 fully saturated rings. The molecular weight excluding hydrogens is 212 g/mol. The Kier molecular flexibility index (Phi) is 2.59. The molecule has 0 aliphatic carbocycles. The van der Waals surface area contributed by atoms with Crippen LogP contribution in [0.5, 0.6) is 0 Å². The van der Waals surface area contributed by atoms with E-state index in [-0.39, 0.29) is 0 Å². The van der Waals surface area contributed by atoms with Gasteiger partial charge in [-0.2, -0.15) is 0 Å². The number of nitrogens with two attached hydrogens (primary N) is 1. The second kappa shape index (κ2) is 3.90. The summed E-state index contributed by atoms with van der Waals surface area (Å²) in [5.41, 5.74) is 7.33. The third-order valence-corrected chi connectivity index (χ3v) is 2.60. The van der Waals surface area contributed by atoms with Crippen LogP contribution in [0, 0.1) is 13.8 Å². The average molecular weight is 222 g/mol. The zero-order chi connectivity index (χ0) is 10.8. The highest BCUT2D eigenvalue weighted by molar-refractivity contribution is 7.99. The number of nitrogen functional groups attached to an aromatic ring is 1. The van der Waals surface area contributed by atoms with Gasteiger partial charge in [0.15, 0.2) is 0 Å². The predicted octanol–water partition coefficient (Wildman–Crippen LogP) is 1.81. The van der Waals surface area contributed by atoms with E-state index in [0.29, 0.717) is 16.8 Å². The van der Waals surface area contributed by atoms with Crippen molar-refractivity contribution in [3.8, 4) is 0 Å². The van der Waals surface area contributed by atoms with Crippen LogP contribution >= 0.6 is 11.8 Å². The second-order valence-electron chi connectivity index (χ2n) is 3.07. The Morgan fingerprint density at radius 1 is 1.33 bits per heavy atom. The van der Waals surface area contributed by atoms with Gasteiger partial charge < -0.3 is 10.2 Å². The van der Waals surface area contributed by atoms with Crippen LogP contribution in [-0.4, -0.2) is 15.2 Å². The number of hydrogen-bond acceptors (Lipinski definition) is 6. The first-order valence-electron chi connectivity index (χ1n) is 4.35. The molecule has 0 saturated heterocycles. The topological polar surface area (TPSA) is 77.8 Å². The fourth-order valence-corrected chi connectivity index (χ4v) is 1.77. The maximum Gasteiger partial charge on any atom is 0.282 e. The minimum atomic E-state index is 0.490. The molecule has 2 aromatic rings. The van der Waals surface area contributed by atoms with Crippen molar-refractivity contribution < 1.29 is 4.42 Å². The smallest absolute Gasteiger partial charge is 0.282 e. The Hall–Kier alpha value is -1.56. The first-order valence-corrected chi connectivity index (χ1v) is 5.17. The lowest BCUT2D eigenvalue weighted by Gasteiger charge is -2.00. The summed E-state index contributed by atoms with van der Waals surface area (Å²) < 4.78 is 5.23. The molecule has 2 rings (SSSR count). The van der Waals surface area contributed by atoms with Gasteiger partial charge in [0.25, 0.3) is 5.22 Å². The highest BCUT2D eigenvalue weighted by Gasteiger charge is 2.06. The number of rotatable bonds is 2. The minimum absolute atomic E-state index is 0.490. The van der Waals surface area contributed by atoms with Crippen LogP contribution in [0.3, 0.4) is 0 Å². The summed E-state index contributed by atoms with van der Waals surface area (Å²) in [6.45, 7) is 3.68. The normalized spacial score (nSPS) is 10.5. The van der Waals surface area contributed by atoms with E-state index in [2.05, 4.69) is 15.2 Å². The zero-order valence-corrected chi connectivity index (χ0v) is 9.21. The predicted molar refractivity (Wildman–Crippen MR) is 56.5 cm³/mol. The summed E-state index contributed by atoms with van der Waals surface area (Å²) in [6.07, 6.45) is 1.63. The lowest BCUT2D eigenvalue weighted by atomic mass is 10.3. The molecule has 78 valence electrons. The van der Waals surface area contributed by atoms with Gasteiger partial charge in [-0.15, -0.1) is 10.2 Å². The summed E-state index contributed by atoms with van der Waals surface area (Å²) in [4.78, 5) is 4.15. The van der Waals surface area contributed by atoms with Gasteiger partial charge in [0.05, 0.1) is 11.9 Å². The zero-order valence-electron chi connectivity index (χ0n) is 8.39. The van der Waals surface area contributed by atoms with Crippen molar-refractivity contribution in [3.63, 3.8) is 0 Å².